The number of phenols is 1. The van der Waals surface area contributed by atoms with Gasteiger partial charge in [-0.15, -0.1) is 0 Å². The van der Waals surface area contributed by atoms with Gasteiger partial charge in [-0.2, -0.15) is 13.2 Å². The number of nitrogens with zero attached hydrogens (tertiary/aromatic N) is 2. The summed E-state index contributed by atoms with van der Waals surface area (Å²) in [5, 5.41) is 12.8. The number of aromatic amines is 2. The number of H-pyrrole nitrogens is 2. The molecule has 0 fully saturated rings. The minimum atomic E-state index is -4.37. The van der Waals surface area contributed by atoms with E-state index in [9.17, 15) is 18.3 Å². The summed E-state index contributed by atoms with van der Waals surface area (Å²) in [6.45, 7) is 3.85. The maximum Gasteiger partial charge on any atom is 0.416 e. The van der Waals surface area contributed by atoms with E-state index in [0.29, 0.717) is 23.2 Å². The molecule has 0 saturated heterocycles. The highest BCUT2D eigenvalue weighted by molar-refractivity contribution is 5.84. The van der Waals surface area contributed by atoms with Crippen molar-refractivity contribution < 1.29 is 18.3 Å². The van der Waals surface area contributed by atoms with Crippen molar-refractivity contribution in [3.05, 3.63) is 77.5 Å². The number of nitrogens with one attached hydrogen (secondary N) is 3. The number of anilines is 2. The highest BCUT2D eigenvalue weighted by atomic mass is 19.4. The number of hydrogen-bond acceptors (Lipinski definition) is 4. The Hall–Kier alpha value is -4.27. The molecule has 0 aliphatic carbocycles. The van der Waals surface area contributed by atoms with Crippen molar-refractivity contribution in [2.24, 2.45) is 0 Å². The number of hydrogen-bond donors (Lipinski definition) is 4. The van der Waals surface area contributed by atoms with Gasteiger partial charge in [-0.3, -0.25) is 0 Å². The van der Waals surface area contributed by atoms with E-state index in [4.69, 9.17) is 4.98 Å². The maximum absolute atomic E-state index is 12.7. The number of aromatic hydroxyl groups is 1. The Morgan fingerprint density at radius 1 is 0.882 bits per heavy atom. The number of fused-ring (bicyclic) bond motifs is 1. The molecular formula is C25H20F3N5O. The average molecular weight is 463 g/mol. The molecule has 5 rings (SSSR count). The topological polar surface area (TPSA) is 89.6 Å². The molecule has 0 radical (unpaired) electrons. The fourth-order valence-electron chi connectivity index (χ4n) is 4.02. The van der Waals surface area contributed by atoms with Gasteiger partial charge in [-0.05, 0) is 79.6 Å². The molecule has 0 amide bonds. The number of aryl methyl sites for hydroxylation is 2. The fraction of sp³-hybridized carbons (Fsp3) is 0.120. The van der Waals surface area contributed by atoms with Crippen LogP contribution in [0.4, 0.5) is 24.7 Å². The molecule has 0 atom stereocenters. The van der Waals surface area contributed by atoms with Crippen LogP contribution in [-0.2, 0) is 6.18 Å². The lowest BCUT2D eigenvalue weighted by molar-refractivity contribution is -0.137. The minimum absolute atomic E-state index is 0.218. The summed E-state index contributed by atoms with van der Waals surface area (Å²) in [7, 11) is 0. The van der Waals surface area contributed by atoms with Crippen molar-refractivity contribution in [3.8, 4) is 28.5 Å². The lowest BCUT2D eigenvalue weighted by Gasteiger charge is -2.08. The van der Waals surface area contributed by atoms with Crippen molar-refractivity contribution in [2.45, 2.75) is 20.0 Å². The van der Waals surface area contributed by atoms with E-state index in [-0.39, 0.29) is 5.75 Å². The van der Waals surface area contributed by atoms with Gasteiger partial charge in [0.2, 0.25) is 0 Å². The second kappa shape index (κ2) is 7.95. The molecule has 34 heavy (non-hydrogen) atoms. The summed E-state index contributed by atoms with van der Waals surface area (Å²) in [6, 6.07) is 13.9. The van der Waals surface area contributed by atoms with Crippen LogP contribution in [0.1, 0.15) is 16.7 Å². The van der Waals surface area contributed by atoms with Crippen LogP contribution in [0.3, 0.4) is 0 Å². The molecule has 3 aromatic carbocycles. The van der Waals surface area contributed by atoms with E-state index >= 15 is 0 Å². The SMILES string of the molecule is Cc1cc(O)cc(C)c1-c1nc2ccc(-c3ncc(Nc4ccc(C(F)(F)F)cc4)[nH]3)cc2[nH]1. The first kappa shape index (κ1) is 21.6. The summed E-state index contributed by atoms with van der Waals surface area (Å²) in [5.41, 5.74) is 5.03. The Morgan fingerprint density at radius 2 is 1.59 bits per heavy atom. The van der Waals surface area contributed by atoms with Crippen LogP contribution < -0.4 is 5.32 Å². The molecule has 0 saturated carbocycles. The van der Waals surface area contributed by atoms with Crippen molar-refractivity contribution in [1.82, 2.24) is 19.9 Å². The molecule has 172 valence electrons. The van der Waals surface area contributed by atoms with Gasteiger partial charge in [0.15, 0.2) is 0 Å². The van der Waals surface area contributed by atoms with Gasteiger partial charge >= 0.3 is 6.18 Å². The van der Waals surface area contributed by atoms with E-state index in [1.54, 1.807) is 18.3 Å². The lowest BCUT2D eigenvalue weighted by atomic mass is 10.0. The van der Waals surface area contributed by atoms with Crippen molar-refractivity contribution in [2.75, 3.05) is 5.32 Å². The lowest BCUT2D eigenvalue weighted by Crippen LogP contribution is -2.04. The van der Waals surface area contributed by atoms with Crippen LogP contribution in [0.5, 0.6) is 5.75 Å². The van der Waals surface area contributed by atoms with Gasteiger partial charge in [-0.1, -0.05) is 0 Å². The molecule has 0 spiro atoms. The zero-order valence-corrected chi connectivity index (χ0v) is 18.2. The highest BCUT2D eigenvalue weighted by Gasteiger charge is 2.29. The van der Waals surface area contributed by atoms with Gasteiger partial charge < -0.3 is 20.4 Å². The Kier molecular flexibility index (Phi) is 5.04. The molecule has 9 heteroatoms. The largest absolute Gasteiger partial charge is 0.508 e. The first-order valence-corrected chi connectivity index (χ1v) is 10.5. The summed E-state index contributed by atoms with van der Waals surface area (Å²) in [4.78, 5) is 15.6. The first-order chi connectivity index (χ1) is 16.2. The first-order valence-electron chi connectivity index (χ1n) is 10.5. The molecule has 2 heterocycles. The monoisotopic (exact) mass is 463 g/mol. The van der Waals surface area contributed by atoms with Crippen LogP contribution in [0.25, 0.3) is 33.8 Å². The van der Waals surface area contributed by atoms with Crippen molar-refractivity contribution in [1.29, 1.82) is 0 Å². The van der Waals surface area contributed by atoms with E-state index in [0.717, 1.165) is 45.4 Å². The normalized spacial score (nSPS) is 11.8. The summed E-state index contributed by atoms with van der Waals surface area (Å²) in [6.07, 6.45) is -2.79. The van der Waals surface area contributed by atoms with Crippen LogP contribution in [0, 0.1) is 13.8 Å². The van der Waals surface area contributed by atoms with Crippen molar-refractivity contribution in [3.63, 3.8) is 0 Å². The maximum atomic E-state index is 12.7. The summed E-state index contributed by atoms with van der Waals surface area (Å²) >= 11 is 0. The molecule has 2 aromatic heterocycles. The number of rotatable bonds is 4. The molecule has 5 aromatic rings. The summed E-state index contributed by atoms with van der Waals surface area (Å²) < 4.78 is 38.2. The van der Waals surface area contributed by atoms with Crippen molar-refractivity contribution >= 4 is 22.5 Å². The molecule has 6 nitrogen and oxygen atoms in total. The summed E-state index contributed by atoms with van der Waals surface area (Å²) in [5.74, 6) is 2.09. The van der Waals surface area contributed by atoms with E-state index in [1.807, 2.05) is 32.0 Å². The second-order valence-corrected chi connectivity index (χ2v) is 8.12. The smallest absolute Gasteiger partial charge is 0.416 e. The van der Waals surface area contributed by atoms with Crippen LogP contribution >= 0.6 is 0 Å². The molecule has 4 N–H and O–H groups in total. The van der Waals surface area contributed by atoms with Gasteiger partial charge in [-0.25, -0.2) is 9.97 Å². The van der Waals surface area contributed by atoms with Gasteiger partial charge in [0.05, 0.1) is 22.8 Å². The number of halogens is 3. The van der Waals surface area contributed by atoms with Crippen LogP contribution in [0.15, 0.2) is 60.8 Å². The third-order valence-corrected chi connectivity index (χ3v) is 5.58. The number of alkyl halides is 3. The number of imidazole rings is 2. The molecular weight excluding hydrogens is 443 g/mol. The molecule has 0 aliphatic rings. The predicted octanol–water partition coefficient (Wildman–Crippen LogP) is 6.70. The minimum Gasteiger partial charge on any atom is -0.508 e. The van der Waals surface area contributed by atoms with E-state index < -0.39 is 11.7 Å². The highest BCUT2D eigenvalue weighted by Crippen LogP contribution is 2.32. The zero-order valence-electron chi connectivity index (χ0n) is 18.2. The Labute approximate surface area is 192 Å². The third kappa shape index (κ3) is 4.07. The van der Waals surface area contributed by atoms with E-state index in [1.165, 1.54) is 12.1 Å². The Morgan fingerprint density at radius 3 is 2.26 bits per heavy atom. The molecule has 0 aliphatic heterocycles. The number of aromatic nitrogens is 4. The molecule has 0 bridgehead atoms. The third-order valence-electron chi connectivity index (χ3n) is 5.58. The van der Waals surface area contributed by atoms with Gasteiger partial charge in [0, 0.05) is 16.8 Å². The zero-order chi connectivity index (χ0) is 24.0. The standard InChI is InChI=1S/C25H20F3N5O/c1-13-9-18(34)10-14(2)22(13)24-31-19-8-3-15(11-20(19)32-24)23-29-12-21(33-23)30-17-6-4-16(5-7-17)25(26,27)28/h3-12,30,34H,1-2H3,(H,29,33)(H,31,32). The van der Waals surface area contributed by atoms with E-state index in [2.05, 4.69) is 20.3 Å². The second-order valence-electron chi connectivity index (χ2n) is 8.12. The molecule has 0 unspecified atom stereocenters. The van der Waals surface area contributed by atoms with Gasteiger partial charge in [0.1, 0.15) is 23.2 Å². The number of phenolic OH excluding ortho intramolecular Hbond substituents is 1. The predicted molar refractivity (Wildman–Crippen MR) is 125 cm³/mol. The van der Waals surface area contributed by atoms with Gasteiger partial charge in [0.25, 0.3) is 0 Å². The quantitative estimate of drug-likeness (QED) is 0.239. The Balaban J connectivity index is 1.40. The number of benzene rings is 3. The van der Waals surface area contributed by atoms with Crippen LogP contribution in [-0.4, -0.2) is 25.0 Å². The average Bonchev–Trinajstić information content (AvgIpc) is 3.39. The van der Waals surface area contributed by atoms with Crippen LogP contribution in [0.2, 0.25) is 0 Å². The Bertz CT molecular complexity index is 1480. The fourth-order valence-corrected chi connectivity index (χ4v) is 4.02.